The number of hydrogen-bond donors (Lipinski definition) is 1. The number of hydrogen-bond acceptors (Lipinski definition) is 7. The molecule has 0 fully saturated rings. The highest BCUT2D eigenvalue weighted by Crippen LogP contribution is 2.32. The molecule has 1 aliphatic heterocycles. The molecule has 1 aromatic heterocycles. The summed E-state index contributed by atoms with van der Waals surface area (Å²) in [5.41, 5.74) is 0.749. The normalized spacial score (nSPS) is 12.4. The van der Waals surface area contributed by atoms with Crippen LogP contribution in [0.25, 0.3) is 6.08 Å². The third kappa shape index (κ3) is 3.92. The van der Waals surface area contributed by atoms with Gasteiger partial charge in [0.2, 0.25) is 6.79 Å². The lowest BCUT2D eigenvalue weighted by atomic mass is 10.2. The third-order valence-electron chi connectivity index (χ3n) is 3.05. The molecule has 8 heteroatoms. The van der Waals surface area contributed by atoms with E-state index in [9.17, 15) is 9.59 Å². The predicted molar refractivity (Wildman–Crippen MR) is 82.4 cm³/mol. The van der Waals surface area contributed by atoms with Crippen LogP contribution in [-0.2, 0) is 14.3 Å². The zero-order valence-corrected chi connectivity index (χ0v) is 12.8. The molecule has 0 unspecified atom stereocenters. The molecule has 2 aromatic rings. The second-order valence-corrected chi connectivity index (χ2v) is 4.92. The smallest absolute Gasteiger partial charge is 0.331 e. The number of rotatable bonds is 5. The average Bonchev–Trinajstić information content (AvgIpc) is 3.19. The zero-order chi connectivity index (χ0) is 16.9. The Morgan fingerprint density at radius 1 is 1.29 bits per heavy atom. The van der Waals surface area contributed by atoms with Crippen molar-refractivity contribution in [3.63, 3.8) is 0 Å². The van der Waals surface area contributed by atoms with E-state index in [1.54, 1.807) is 37.3 Å². The van der Waals surface area contributed by atoms with Crippen LogP contribution in [0.4, 0.5) is 5.82 Å². The summed E-state index contributed by atoms with van der Waals surface area (Å²) in [4.78, 5) is 23.2. The first-order valence-corrected chi connectivity index (χ1v) is 7.08. The molecule has 24 heavy (non-hydrogen) atoms. The number of aromatic nitrogens is 1. The van der Waals surface area contributed by atoms with Crippen LogP contribution in [0, 0.1) is 6.92 Å². The summed E-state index contributed by atoms with van der Waals surface area (Å²) < 4.78 is 20.1. The van der Waals surface area contributed by atoms with Gasteiger partial charge in [-0.2, -0.15) is 0 Å². The molecule has 0 saturated carbocycles. The van der Waals surface area contributed by atoms with Gasteiger partial charge in [-0.1, -0.05) is 11.2 Å². The molecule has 0 bridgehead atoms. The molecule has 1 amide bonds. The van der Waals surface area contributed by atoms with Gasteiger partial charge in [-0.15, -0.1) is 0 Å². The summed E-state index contributed by atoms with van der Waals surface area (Å²) in [6, 6.07) is 6.82. The van der Waals surface area contributed by atoms with Gasteiger partial charge in [0, 0.05) is 12.1 Å². The van der Waals surface area contributed by atoms with Crippen molar-refractivity contribution in [2.75, 3.05) is 18.7 Å². The van der Waals surface area contributed by atoms with Gasteiger partial charge in [0.05, 0.1) is 0 Å². The van der Waals surface area contributed by atoms with E-state index in [1.165, 1.54) is 6.08 Å². The van der Waals surface area contributed by atoms with Gasteiger partial charge >= 0.3 is 5.97 Å². The fourth-order valence-corrected chi connectivity index (χ4v) is 1.97. The maximum absolute atomic E-state index is 11.6. The number of nitrogens with one attached hydrogen (secondary N) is 1. The molecule has 8 nitrogen and oxygen atoms in total. The van der Waals surface area contributed by atoms with Crippen molar-refractivity contribution in [1.29, 1.82) is 0 Å². The second kappa shape index (κ2) is 6.86. The number of esters is 1. The Morgan fingerprint density at radius 3 is 2.92 bits per heavy atom. The quantitative estimate of drug-likeness (QED) is 0.660. The van der Waals surface area contributed by atoms with Crippen molar-refractivity contribution >= 4 is 23.8 Å². The van der Waals surface area contributed by atoms with Crippen LogP contribution in [0.15, 0.2) is 34.9 Å². The molecule has 0 spiro atoms. The van der Waals surface area contributed by atoms with E-state index < -0.39 is 18.5 Å². The highest BCUT2D eigenvalue weighted by atomic mass is 16.7. The lowest BCUT2D eigenvalue weighted by molar-refractivity contribution is -0.142. The van der Waals surface area contributed by atoms with E-state index in [1.807, 2.05) is 0 Å². The molecule has 1 aromatic carbocycles. The van der Waals surface area contributed by atoms with Crippen molar-refractivity contribution < 1.29 is 28.3 Å². The van der Waals surface area contributed by atoms with E-state index in [0.29, 0.717) is 17.3 Å². The van der Waals surface area contributed by atoms with Crippen molar-refractivity contribution in [3.8, 4) is 11.5 Å². The number of fused-ring (bicyclic) bond motifs is 1. The highest BCUT2D eigenvalue weighted by Gasteiger charge is 2.12. The minimum atomic E-state index is -0.640. The molecular formula is C16H14N2O6. The van der Waals surface area contributed by atoms with Crippen molar-refractivity contribution in [3.05, 3.63) is 41.7 Å². The van der Waals surface area contributed by atoms with Gasteiger partial charge in [-0.3, -0.25) is 4.79 Å². The molecule has 1 N–H and O–H groups in total. The molecule has 0 aliphatic carbocycles. The lowest BCUT2D eigenvalue weighted by Crippen LogP contribution is -2.20. The maximum Gasteiger partial charge on any atom is 0.331 e. The molecule has 0 saturated heterocycles. The van der Waals surface area contributed by atoms with Crippen molar-refractivity contribution in [2.24, 2.45) is 0 Å². The Hall–Kier alpha value is -3.29. The number of carbonyl (C=O) groups excluding carboxylic acids is 2. The summed E-state index contributed by atoms with van der Waals surface area (Å²) >= 11 is 0. The third-order valence-corrected chi connectivity index (χ3v) is 3.05. The summed E-state index contributed by atoms with van der Waals surface area (Å²) in [5.74, 6) is 0.966. The van der Waals surface area contributed by atoms with Gasteiger partial charge in [-0.25, -0.2) is 4.79 Å². The Kier molecular flexibility index (Phi) is 4.46. The van der Waals surface area contributed by atoms with E-state index >= 15 is 0 Å². The summed E-state index contributed by atoms with van der Waals surface area (Å²) in [6.45, 7) is 1.46. The number of benzene rings is 1. The first kappa shape index (κ1) is 15.6. The zero-order valence-electron chi connectivity index (χ0n) is 12.8. The van der Waals surface area contributed by atoms with E-state index in [0.717, 1.165) is 5.56 Å². The van der Waals surface area contributed by atoms with Crippen LogP contribution in [0.2, 0.25) is 0 Å². The van der Waals surface area contributed by atoms with Gasteiger partial charge in [0.15, 0.2) is 23.9 Å². The minimum absolute atomic E-state index is 0.185. The molecule has 0 atom stereocenters. The van der Waals surface area contributed by atoms with Crippen LogP contribution in [0.3, 0.4) is 0 Å². The van der Waals surface area contributed by atoms with Crippen molar-refractivity contribution in [1.82, 2.24) is 5.16 Å². The van der Waals surface area contributed by atoms with Gasteiger partial charge < -0.3 is 24.1 Å². The number of amides is 1. The first-order chi connectivity index (χ1) is 11.6. The largest absolute Gasteiger partial charge is 0.454 e. The number of nitrogens with zero attached hydrogens (tertiary/aromatic N) is 1. The fraction of sp³-hybridized carbons (Fsp3) is 0.188. The van der Waals surface area contributed by atoms with E-state index in [2.05, 4.69) is 10.5 Å². The summed E-state index contributed by atoms with van der Waals surface area (Å²) in [5, 5.41) is 6.05. The maximum atomic E-state index is 11.6. The van der Waals surface area contributed by atoms with E-state index in [4.69, 9.17) is 18.7 Å². The minimum Gasteiger partial charge on any atom is -0.454 e. The first-order valence-electron chi connectivity index (χ1n) is 7.08. The fourth-order valence-electron chi connectivity index (χ4n) is 1.97. The summed E-state index contributed by atoms with van der Waals surface area (Å²) in [6.07, 6.45) is 2.79. The molecule has 124 valence electrons. The molecule has 2 heterocycles. The Labute approximate surface area is 137 Å². The average molecular weight is 330 g/mol. The highest BCUT2D eigenvalue weighted by molar-refractivity contribution is 5.94. The molecule has 3 rings (SSSR count). The number of ether oxygens (including phenoxy) is 3. The molecular weight excluding hydrogens is 316 g/mol. The van der Waals surface area contributed by atoms with Crippen molar-refractivity contribution in [2.45, 2.75) is 6.92 Å². The molecule has 0 radical (unpaired) electrons. The second-order valence-electron chi connectivity index (χ2n) is 4.92. The van der Waals surface area contributed by atoms with E-state index in [-0.39, 0.29) is 12.6 Å². The van der Waals surface area contributed by atoms with Crippen LogP contribution in [-0.4, -0.2) is 30.4 Å². The number of anilines is 1. The topological polar surface area (TPSA) is 99.9 Å². The van der Waals surface area contributed by atoms with Crippen LogP contribution < -0.4 is 14.8 Å². The van der Waals surface area contributed by atoms with Gasteiger partial charge in [0.25, 0.3) is 5.91 Å². The standard InChI is InChI=1S/C16H14N2O6/c1-10-6-14(18-24-10)17-15(19)8-21-16(20)5-3-11-2-4-12-13(7-11)23-9-22-12/h2-7H,8-9H2,1H3,(H,17,18,19)/b5-3+. The number of carbonyl (C=O) groups is 2. The van der Waals surface area contributed by atoms with Crippen LogP contribution in [0.1, 0.15) is 11.3 Å². The Bertz CT molecular complexity index is 796. The van der Waals surface area contributed by atoms with Gasteiger partial charge in [0.1, 0.15) is 5.76 Å². The predicted octanol–water partition coefficient (Wildman–Crippen LogP) is 1.91. The Morgan fingerprint density at radius 2 is 2.12 bits per heavy atom. The van der Waals surface area contributed by atoms with Crippen LogP contribution >= 0.6 is 0 Å². The lowest BCUT2D eigenvalue weighted by Gasteiger charge is -2.02. The Balaban J connectivity index is 1.47. The van der Waals surface area contributed by atoms with Crippen LogP contribution in [0.5, 0.6) is 11.5 Å². The molecule has 1 aliphatic rings. The monoisotopic (exact) mass is 330 g/mol. The SMILES string of the molecule is Cc1cc(NC(=O)COC(=O)/C=C/c2ccc3c(c2)OCO3)no1. The summed E-state index contributed by atoms with van der Waals surface area (Å²) in [7, 11) is 0. The number of aryl methyl sites for hydroxylation is 1. The van der Waals surface area contributed by atoms with Gasteiger partial charge in [-0.05, 0) is 30.7 Å².